The van der Waals surface area contributed by atoms with Crippen molar-refractivity contribution >= 4 is 12.0 Å². The number of ether oxygens (including phenoxy) is 1. The molecule has 1 aliphatic rings. The predicted molar refractivity (Wildman–Crippen MR) is 121 cm³/mol. The maximum atomic E-state index is 13.4. The smallest absolute Gasteiger partial charge is 0.250 e. The molecule has 0 N–H and O–H groups in total. The summed E-state index contributed by atoms with van der Waals surface area (Å²) in [7, 11) is 1.60. The third-order valence-corrected chi connectivity index (χ3v) is 5.83. The van der Waals surface area contributed by atoms with Crippen LogP contribution in [0.25, 0.3) is 11.8 Å². The van der Waals surface area contributed by atoms with Crippen molar-refractivity contribution in [2.75, 3.05) is 13.7 Å². The quantitative estimate of drug-likeness (QED) is 0.541. The highest BCUT2D eigenvalue weighted by atomic mass is 19.1. The minimum Gasteiger partial charge on any atom is -0.494 e. The molecule has 0 saturated carbocycles. The molecule has 0 spiro atoms. The van der Waals surface area contributed by atoms with Gasteiger partial charge >= 0.3 is 0 Å². The van der Waals surface area contributed by atoms with Crippen LogP contribution in [0.5, 0.6) is 5.75 Å². The van der Waals surface area contributed by atoms with Crippen LogP contribution in [0.2, 0.25) is 0 Å². The number of aromatic nitrogens is 3. The topological polar surface area (TPSA) is 60.2 Å². The van der Waals surface area contributed by atoms with Crippen molar-refractivity contribution in [3.63, 3.8) is 0 Å². The number of carbonyl (C=O) groups excluding carboxylic acids is 1. The summed E-state index contributed by atoms with van der Waals surface area (Å²) in [5, 5.41) is 4.16. The monoisotopic (exact) mass is 434 g/mol. The highest BCUT2D eigenvalue weighted by Gasteiger charge is 2.37. The van der Waals surface area contributed by atoms with Gasteiger partial charge in [-0.25, -0.2) is 14.1 Å². The Hall–Kier alpha value is -3.48. The Morgan fingerprint density at radius 1 is 1.19 bits per heavy atom. The van der Waals surface area contributed by atoms with E-state index >= 15 is 0 Å². The number of hydrogen-bond acceptors (Lipinski definition) is 4. The first kappa shape index (κ1) is 21.7. The van der Waals surface area contributed by atoms with Gasteiger partial charge in [0.15, 0.2) is 0 Å². The Morgan fingerprint density at radius 2 is 1.94 bits per heavy atom. The third-order valence-electron chi connectivity index (χ3n) is 5.83. The Morgan fingerprint density at radius 3 is 2.59 bits per heavy atom. The molecule has 1 aliphatic heterocycles. The van der Waals surface area contributed by atoms with E-state index in [2.05, 4.69) is 23.9 Å². The maximum absolute atomic E-state index is 13.4. The Kier molecular flexibility index (Phi) is 5.82. The standard InChI is InChI=1S/C25H27FN4O2/c1-17(19-6-8-21(26)9-7-19)29-14-25(2,3)13-20(24(29)31)11-18-5-10-22(23(12-18)32-4)30-16-27-15-28-30/h5-12,15-17H,13-14H2,1-4H3/b20-11+/t17-/m0/s1. The average Bonchev–Trinajstić information content (AvgIpc) is 3.30. The third kappa shape index (κ3) is 4.42. The Balaban J connectivity index is 1.66. The van der Waals surface area contributed by atoms with Crippen molar-refractivity contribution < 1.29 is 13.9 Å². The molecule has 2 heterocycles. The van der Waals surface area contributed by atoms with Crippen LogP contribution in [0, 0.1) is 11.2 Å². The van der Waals surface area contributed by atoms with Gasteiger partial charge in [0, 0.05) is 12.1 Å². The second-order valence-corrected chi connectivity index (χ2v) is 8.94. The van der Waals surface area contributed by atoms with Crippen LogP contribution in [0.3, 0.4) is 0 Å². The van der Waals surface area contributed by atoms with E-state index in [9.17, 15) is 9.18 Å². The largest absolute Gasteiger partial charge is 0.494 e. The fourth-order valence-corrected chi connectivity index (χ4v) is 4.22. The van der Waals surface area contributed by atoms with Crippen LogP contribution in [0.4, 0.5) is 4.39 Å². The number of hydrogen-bond donors (Lipinski definition) is 0. The summed E-state index contributed by atoms with van der Waals surface area (Å²) in [4.78, 5) is 19.3. The van der Waals surface area contributed by atoms with E-state index in [1.165, 1.54) is 18.5 Å². The number of carbonyl (C=O) groups is 1. The fraction of sp³-hybridized carbons (Fsp3) is 0.320. The van der Waals surface area contributed by atoms with Gasteiger partial charge in [-0.3, -0.25) is 4.79 Å². The summed E-state index contributed by atoms with van der Waals surface area (Å²) in [6.07, 6.45) is 5.68. The molecule has 0 bridgehead atoms. The summed E-state index contributed by atoms with van der Waals surface area (Å²) in [6, 6.07) is 11.9. The van der Waals surface area contributed by atoms with Crippen molar-refractivity contribution in [1.82, 2.24) is 19.7 Å². The van der Waals surface area contributed by atoms with Crippen molar-refractivity contribution in [3.8, 4) is 11.4 Å². The lowest BCUT2D eigenvalue weighted by Crippen LogP contribution is -2.46. The number of likely N-dealkylation sites (tertiary alicyclic amines) is 1. The molecule has 1 saturated heterocycles. The van der Waals surface area contributed by atoms with E-state index in [0.717, 1.165) is 22.4 Å². The van der Waals surface area contributed by atoms with Gasteiger partial charge in [-0.05, 0) is 60.2 Å². The molecule has 3 aromatic rings. The van der Waals surface area contributed by atoms with E-state index in [4.69, 9.17) is 4.74 Å². The Bertz CT molecular complexity index is 1140. The Labute approximate surface area is 187 Å². The molecule has 32 heavy (non-hydrogen) atoms. The van der Waals surface area contributed by atoms with E-state index < -0.39 is 0 Å². The molecule has 0 aliphatic carbocycles. The molecule has 1 amide bonds. The molecule has 4 rings (SSSR count). The van der Waals surface area contributed by atoms with Gasteiger partial charge in [0.05, 0.1) is 13.2 Å². The van der Waals surface area contributed by atoms with E-state index in [1.54, 1.807) is 30.3 Å². The first-order valence-electron chi connectivity index (χ1n) is 10.6. The van der Waals surface area contributed by atoms with Crippen molar-refractivity contribution in [2.24, 2.45) is 5.41 Å². The minimum absolute atomic E-state index is 0.000435. The number of methoxy groups -OCH3 is 1. The molecule has 7 heteroatoms. The van der Waals surface area contributed by atoms with Gasteiger partial charge in [-0.15, -0.1) is 0 Å². The fourth-order valence-electron chi connectivity index (χ4n) is 4.22. The van der Waals surface area contributed by atoms with Gasteiger partial charge in [0.25, 0.3) is 0 Å². The summed E-state index contributed by atoms with van der Waals surface area (Å²) in [5.74, 6) is 0.361. The highest BCUT2D eigenvalue weighted by Crippen LogP contribution is 2.38. The van der Waals surface area contributed by atoms with Crippen molar-refractivity contribution in [1.29, 1.82) is 0 Å². The van der Waals surface area contributed by atoms with E-state index in [1.807, 2.05) is 36.1 Å². The summed E-state index contributed by atoms with van der Waals surface area (Å²) < 4.78 is 20.6. The van der Waals surface area contributed by atoms with E-state index in [-0.39, 0.29) is 23.2 Å². The van der Waals surface area contributed by atoms with E-state index in [0.29, 0.717) is 18.7 Å². The molecule has 1 atom stereocenters. The van der Waals surface area contributed by atoms with Gasteiger partial charge in [0.2, 0.25) is 5.91 Å². The van der Waals surface area contributed by atoms with Gasteiger partial charge in [0.1, 0.15) is 29.9 Å². The van der Waals surface area contributed by atoms with Crippen molar-refractivity contribution in [3.05, 3.63) is 77.6 Å². The molecule has 166 valence electrons. The molecular weight excluding hydrogens is 407 g/mol. The lowest BCUT2D eigenvalue weighted by atomic mass is 9.79. The number of nitrogens with zero attached hydrogens (tertiary/aromatic N) is 4. The van der Waals surface area contributed by atoms with Crippen LogP contribution in [0.1, 0.15) is 44.4 Å². The first-order valence-corrected chi connectivity index (χ1v) is 10.6. The first-order chi connectivity index (χ1) is 15.3. The number of rotatable bonds is 5. The number of piperidine rings is 1. The zero-order chi connectivity index (χ0) is 22.9. The molecular formula is C25H27FN4O2. The van der Waals surface area contributed by atoms with Gasteiger partial charge < -0.3 is 9.64 Å². The van der Waals surface area contributed by atoms with Crippen LogP contribution in [-0.2, 0) is 4.79 Å². The van der Waals surface area contributed by atoms with Gasteiger partial charge in [-0.1, -0.05) is 32.0 Å². The summed E-state index contributed by atoms with van der Waals surface area (Å²) in [6.45, 7) is 6.94. The second-order valence-electron chi connectivity index (χ2n) is 8.94. The zero-order valence-electron chi connectivity index (χ0n) is 18.7. The lowest BCUT2D eigenvalue weighted by Gasteiger charge is -2.42. The number of amides is 1. The molecule has 6 nitrogen and oxygen atoms in total. The maximum Gasteiger partial charge on any atom is 0.250 e. The van der Waals surface area contributed by atoms with Crippen molar-refractivity contribution in [2.45, 2.75) is 33.2 Å². The minimum atomic E-state index is -0.282. The molecule has 1 fully saturated rings. The molecule has 2 aromatic carbocycles. The summed E-state index contributed by atoms with van der Waals surface area (Å²) in [5.41, 5.74) is 3.22. The van der Waals surface area contributed by atoms with Gasteiger partial charge in [-0.2, -0.15) is 5.10 Å². The average molecular weight is 435 g/mol. The van der Waals surface area contributed by atoms with Crippen LogP contribution >= 0.6 is 0 Å². The SMILES string of the molecule is COc1cc(/C=C2\CC(C)(C)CN([C@@H](C)c3ccc(F)cc3)C2=O)ccc1-n1cncn1. The van der Waals surface area contributed by atoms with Crippen LogP contribution in [0.15, 0.2) is 60.7 Å². The second kappa shape index (κ2) is 8.57. The molecule has 0 unspecified atom stereocenters. The summed E-state index contributed by atoms with van der Waals surface area (Å²) >= 11 is 0. The zero-order valence-corrected chi connectivity index (χ0v) is 18.7. The number of benzene rings is 2. The van der Waals surface area contributed by atoms with Crippen LogP contribution < -0.4 is 4.74 Å². The number of halogens is 1. The highest BCUT2D eigenvalue weighted by molar-refractivity contribution is 5.99. The lowest BCUT2D eigenvalue weighted by molar-refractivity contribution is -0.133. The predicted octanol–water partition coefficient (Wildman–Crippen LogP) is 4.82. The normalized spacial score (nSPS) is 18.1. The molecule has 0 radical (unpaired) electrons. The van der Waals surface area contributed by atoms with Crippen LogP contribution in [-0.4, -0.2) is 39.2 Å². The molecule has 1 aromatic heterocycles.